The van der Waals surface area contributed by atoms with Gasteiger partial charge in [-0.1, -0.05) is 0 Å². The zero-order valence-corrected chi connectivity index (χ0v) is 14.9. The molecule has 0 radical (unpaired) electrons. The van der Waals surface area contributed by atoms with Gasteiger partial charge in [0.2, 0.25) is 0 Å². The number of aryl methyl sites for hydroxylation is 1. The van der Waals surface area contributed by atoms with Gasteiger partial charge in [0.15, 0.2) is 5.78 Å². The maximum absolute atomic E-state index is 11.8. The van der Waals surface area contributed by atoms with Gasteiger partial charge in [0.05, 0.1) is 17.9 Å². The molecule has 0 spiro atoms. The van der Waals surface area contributed by atoms with Gasteiger partial charge in [-0.2, -0.15) is 5.26 Å². The number of benzene rings is 1. The number of anilines is 1. The highest BCUT2D eigenvalue weighted by molar-refractivity contribution is 5.97. The zero-order chi connectivity index (χ0) is 17.9. The van der Waals surface area contributed by atoms with Crippen LogP contribution < -0.4 is 4.90 Å². The van der Waals surface area contributed by atoms with Crippen molar-refractivity contribution in [3.63, 3.8) is 0 Å². The van der Waals surface area contributed by atoms with Gasteiger partial charge in [0.1, 0.15) is 6.07 Å². The third kappa shape index (κ3) is 3.34. The summed E-state index contributed by atoms with van der Waals surface area (Å²) in [5.41, 5.74) is 5.02. The van der Waals surface area contributed by atoms with Crippen molar-refractivity contribution in [2.45, 2.75) is 20.8 Å². The monoisotopic (exact) mass is 325 g/mol. The molecule has 0 atom stereocenters. The predicted molar refractivity (Wildman–Crippen MR) is 95.1 cm³/mol. The molecule has 0 aliphatic rings. The van der Waals surface area contributed by atoms with Crippen molar-refractivity contribution in [3.8, 4) is 11.8 Å². The fourth-order valence-electron chi connectivity index (χ4n) is 2.99. The quantitative estimate of drug-likeness (QED) is 0.765. The van der Waals surface area contributed by atoms with Gasteiger partial charge in [-0.05, 0) is 44.5 Å². The molecule has 5 heteroatoms. The summed E-state index contributed by atoms with van der Waals surface area (Å²) < 4.78 is 7.12. The van der Waals surface area contributed by atoms with Gasteiger partial charge < -0.3 is 14.2 Å². The number of carbonyl (C=O) groups is 1. The van der Waals surface area contributed by atoms with Gasteiger partial charge in [0, 0.05) is 43.8 Å². The van der Waals surface area contributed by atoms with E-state index in [-0.39, 0.29) is 5.78 Å². The first-order valence-electron chi connectivity index (χ1n) is 7.84. The van der Waals surface area contributed by atoms with E-state index in [9.17, 15) is 10.1 Å². The number of nitriles is 1. The van der Waals surface area contributed by atoms with Crippen molar-refractivity contribution in [2.24, 2.45) is 0 Å². The smallest absolute Gasteiger partial charge is 0.161 e. The summed E-state index contributed by atoms with van der Waals surface area (Å²) in [6.45, 7) is 6.74. The summed E-state index contributed by atoms with van der Waals surface area (Å²) in [5.74, 6) is 0.0647. The summed E-state index contributed by atoms with van der Waals surface area (Å²) >= 11 is 0. The van der Waals surface area contributed by atoms with Crippen LogP contribution in [-0.4, -0.2) is 37.7 Å². The number of carbonyl (C=O) groups excluding carboxylic acids is 1. The maximum Gasteiger partial charge on any atom is 0.161 e. The van der Waals surface area contributed by atoms with Crippen molar-refractivity contribution in [3.05, 3.63) is 46.8 Å². The molecule has 2 rings (SSSR count). The predicted octanol–water partition coefficient (Wildman–Crippen LogP) is 3.25. The molecule has 0 saturated carbocycles. The van der Waals surface area contributed by atoms with Crippen molar-refractivity contribution < 1.29 is 9.53 Å². The van der Waals surface area contributed by atoms with Crippen LogP contribution >= 0.6 is 0 Å². The standard InChI is InChI=1S/C19H23N3O2/c1-13-12-22(14(2)19(13)15(3)23)17-7-6-16(11-20)18(10-17)21(4)8-9-24-5/h6-7,10,12H,8-9H2,1-5H3. The average Bonchev–Trinajstić information content (AvgIpc) is 2.86. The Morgan fingerprint density at radius 3 is 2.62 bits per heavy atom. The molecule has 126 valence electrons. The molecule has 0 saturated heterocycles. The molecular formula is C19H23N3O2. The Bertz CT molecular complexity index is 800. The van der Waals surface area contributed by atoms with Crippen molar-refractivity contribution in [1.29, 1.82) is 5.26 Å². The maximum atomic E-state index is 11.8. The van der Waals surface area contributed by atoms with Gasteiger partial charge in [-0.15, -0.1) is 0 Å². The Labute approximate surface area is 143 Å². The average molecular weight is 325 g/mol. The lowest BCUT2D eigenvalue weighted by Crippen LogP contribution is -2.23. The summed E-state index contributed by atoms with van der Waals surface area (Å²) in [6, 6.07) is 7.93. The normalized spacial score (nSPS) is 10.5. The van der Waals surface area contributed by atoms with Gasteiger partial charge in [-0.3, -0.25) is 4.79 Å². The molecule has 24 heavy (non-hydrogen) atoms. The second-order valence-corrected chi connectivity index (χ2v) is 5.93. The number of methoxy groups -OCH3 is 1. The summed E-state index contributed by atoms with van der Waals surface area (Å²) in [4.78, 5) is 13.9. The molecule has 1 aromatic heterocycles. The highest BCUT2D eigenvalue weighted by Gasteiger charge is 2.16. The van der Waals surface area contributed by atoms with E-state index in [1.165, 1.54) is 0 Å². The number of rotatable bonds is 6. The van der Waals surface area contributed by atoms with E-state index in [1.807, 2.05) is 54.8 Å². The minimum absolute atomic E-state index is 0.0647. The highest BCUT2D eigenvalue weighted by Crippen LogP contribution is 2.26. The van der Waals surface area contributed by atoms with E-state index in [0.29, 0.717) is 18.7 Å². The van der Waals surface area contributed by atoms with Gasteiger partial charge in [-0.25, -0.2) is 0 Å². The summed E-state index contributed by atoms with van der Waals surface area (Å²) in [5, 5.41) is 9.37. The summed E-state index contributed by atoms with van der Waals surface area (Å²) in [6.07, 6.45) is 1.96. The van der Waals surface area contributed by atoms with Crippen molar-refractivity contribution >= 4 is 11.5 Å². The molecule has 0 amide bonds. The van der Waals surface area contributed by atoms with E-state index in [2.05, 4.69) is 6.07 Å². The topological polar surface area (TPSA) is 58.3 Å². The van der Waals surface area contributed by atoms with E-state index in [4.69, 9.17) is 4.74 Å². The van der Waals surface area contributed by atoms with Crippen LogP contribution in [0.3, 0.4) is 0 Å². The second-order valence-electron chi connectivity index (χ2n) is 5.93. The minimum atomic E-state index is 0.0647. The molecule has 1 aromatic carbocycles. The Morgan fingerprint density at radius 2 is 2.08 bits per heavy atom. The van der Waals surface area contributed by atoms with Crippen LogP contribution in [-0.2, 0) is 4.74 Å². The lowest BCUT2D eigenvalue weighted by molar-refractivity contribution is 0.101. The molecule has 1 heterocycles. The van der Waals surface area contributed by atoms with Crippen LogP contribution in [0.5, 0.6) is 0 Å². The van der Waals surface area contributed by atoms with Gasteiger partial charge >= 0.3 is 0 Å². The Morgan fingerprint density at radius 1 is 1.38 bits per heavy atom. The van der Waals surface area contributed by atoms with Crippen LogP contribution in [0.1, 0.15) is 34.1 Å². The molecule has 0 unspecified atom stereocenters. The fraction of sp³-hybridized carbons (Fsp3) is 0.368. The van der Waals surface area contributed by atoms with Crippen LogP contribution in [0.25, 0.3) is 5.69 Å². The molecule has 5 nitrogen and oxygen atoms in total. The van der Waals surface area contributed by atoms with Crippen molar-refractivity contribution in [2.75, 3.05) is 32.2 Å². The van der Waals surface area contributed by atoms with E-state index in [1.54, 1.807) is 14.0 Å². The van der Waals surface area contributed by atoms with Crippen LogP contribution in [0.4, 0.5) is 5.69 Å². The zero-order valence-electron chi connectivity index (χ0n) is 14.9. The number of aromatic nitrogens is 1. The van der Waals surface area contributed by atoms with Crippen molar-refractivity contribution in [1.82, 2.24) is 4.57 Å². The molecule has 0 aliphatic carbocycles. The highest BCUT2D eigenvalue weighted by atomic mass is 16.5. The minimum Gasteiger partial charge on any atom is -0.383 e. The second kappa shape index (κ2) is 7.33. The molecule has 2 aromatic rings. The number of hydrogen-bond donors (Lipinski definition) is 0. The number of hydrogen-bond acceptors (Lipinski definition) is 4. The lowest BCUT2D eigenvalue weighted by atomic mass is 10.1. The first-order valence-corrected chi connectivity index (χ1v) is 7.84. The Kier molecular flexibility index (Phi) is 5.42. The number of ketones is 1. The SMILES string of the molecule is COCCN(C)c1cc(-n2cc(C)c(C(C)=O)c2C)ccc1C#N. The van der Waals surface area contributed by atoms with Crippen LogP contribution in [0.2, 0.25) is 0 Å². The summed E-state index contributed by atoms with van der Waals surface area (Å²) in [7, 11) is 3.60. The van der Waals surface area contributed by atoms with Crippen LogP contribution in [0, 0.1) is 25.2 Å². The molecule has 0 N–H and O–H groups in total. The first-order chi connectivity index (χ1) is 11.4. The van der Waals surface area contributed by atoms with E-state index >= 15 is 0 Å². The molecule has 0 aliphatic heterocycles. The van der Waals surface area contributed by atoms with Crippen LogP contribution in [0.15, 0.2) is 24.4 Å². The number of Topliss-reactive ketones (excluding diaryl/α,β-unsaturated/α-hetero) is 1. The molecular weight excluding hydrogens is 302 g/mol. The van der Waals surface area contributed by atoms with E-state index in [0.717, 1.165) is 28.2 Å². The number of likely N-dealkylation sites (N-methyl/N-ethyl adjacent to an activating group) is 1. The lowest BCUT2D eigenvalue weighted by Gasteiger charge is -2.21. The molecule has 0 bridgehead atoms. The fourth-order valence-corrected chi connectivity index (χ4v) is 2.99. The number of nitrogens with zero attached hydrogens (tertiary/aromatic N) is 3. The Balaban J connectivity index is 2.52. The largest absolute Gasteiger partial charge is 0.383 e. The van der Waals surface area contributed by atoms with Gasteiger partial charge in [0.25, 0.3) is 0 Å². The Hall–Kier alpha value is -2.58. The van der Waals surface area contributed by atoms with E-state index < -0.39 is 0 Å². The number of ether oxygens (including phenoxy) is 1. The third-order valence-corrected chi connectivity index (χ3v) is 4.21. The third-order valence-electron chi connectivity index (χ3n) is 4.21. The molecule has 0 fully saturated rings. The first kappa shape index (κ1) is 17.8.